The van der Waals surface area contributed by atoms with Crippen LogP contribution < -0.4 is 9.84 Å². The second-order valence-electron chi connectivity index (χ2n) is 7.72. The SMILES string of the molecule is CC(C)c1cc(-c2cccc(/C=C(\C(=O)[O-])c3cc[n+]([O-])cc3)c2)c2ncccc2c1. The van der Waals surface area contributed by atoms with Gasteiger partial charge >= 0.3 is 0 Å². The summed E-state index contributed by atoms with van der Waals surface area (Å²) in [6.45, 7) is 4.30. The van der Waals surface area contributed by atoms with Crippen LogP contribution >= 0.6 is 0 Å². The van der Waals surface area contributed by atoms with Crippen molar-refractivity contribution in [3.63, 3.8) is 0 Å². The Kier molecular flexibility index (Phi) is 5.50. The summed E-state index contributed by atoms with van der Waals surface area (Å²) in [5, 5.41) is 24.1. The Labute approximate surface area is 180 Å². The standard InChI is InChI=1S/C26H22N2O3/c1-17(2)22-15-21-7-4-10-27-25(21)23(16-22)20-6-3-5-18(13-20)14-24(26(29)30)19-8-11-28(31)12-9-19/h3-17H,1-2H3,(H,29,30)/p-1/b24-14-. The van der Waals surface area contributed by atoms with Crippen LogP contribution in [0.15, 0.2) is 79.3 Å². The number of hydrogen-bond acceptors (Lipinski definition) is 4. The molecule has 0 saturated heterocycles. The molecule has 0 aliphatic carbocycles. The number of carbonyl (C=O) groups is 1. The largest absolute Gasteiger partial charge is 0.619 e. The van der Waals surface area contributed by atoms with E-state index in [0.717, 1.165) is 27.6 Å². The normalized spacial score (nSPS) is 11.8. The van der Waals surface area contributed by atoms with Gasteiger partial charge in [0.05, 0.1) is 11.5 Å². The molecular formula is C26H21N2O3-. The average molecular weight is 409 g/mol. The monoisotopic (exact) mass is 409 g/mol. The predicted molar refractivity (Wildman–Crippen MR) is 120 cm³/mol. The molecule has 0 atom stereocenters. The Morgan fingerprint density at radius 1 is 1.03 bits per heavy atom. The summed E-state index contributed by atoms with van der Waals surface area (Å²) >= 11 is 0. The minimum atomic E-state index is -1.30. The zero-order valence-electron chi connectivity index (χ0n) is 17.3. The topological polar surface area (TPSA) is 80.0 Å². The maximum Gasteiger partial charge on any atom is 0.180 e. The van der Waals surface area contributed by atoms with Gasteiger partial charge in [-0.15, -0.1) is 0 Å². The maximum atomic E-state index is 11.8. The molecule has 0 aliphatic heterocycles. The van der Waals surface area contributed by atoms with E-state index in [4.69, 9.17) is 0 Å². The number of rotatable bonds is 5. The summed E-state index contributed by atoms with van der Waals surface area (Å²) in [6, 6.07) is 18.9. The van der Waals surface area contributed by atoms with Gasteiger partial charge in [-0.25, -0.2) is 0 Å². The van der Waals surface area contributed by atoms with E-state index in [2.05, 4.69) is 31.0 Å². The quantitative estimate of drug-likeness (QED) is 0.284. The van der Waals surface area contributed by atoms with Gasteiger partial charge in [-0.2, -0.15) is 4.73 Å². The highest BCUT2D eigenvalue weighted by Gasteiger charge is 2.11. The van der Waals surface area contributed by atoms with E-state index in [9.17, 15) is 15.1 Å². The Balaban J connectivity index is 1.84. The van der Waals surface area contributed by atoms with Crippen molar-refractivity contribution in [3.05, 3.63) is 101 Å². The molecule has 0 amide bonds. The van der Waals surface area contributed by atoms with Crippen molar-refractivity contribution in [3.8, 4) is 11.1 Å². The molecule has 2 aromatic heterocycles. The fourth-order valence-electron chi connectivity index (χ4n) is 3.58. The third-order valence-corrected chi connectivity index (χ3v) is 5.24. The molecule has 0 saturated carbocycles. The highest BCUT2D eigenvalue weighted by atomic mass is 16.5. The lowest BCUT2D eigenvalue weighted by Crippen LogP contribution is -2.26. The van der Waals surface area contributed by atoms with Gasteiger partial charge in [-0.05, 0) is 58.5 Å². The van der Waals surface area contributed by atoms with Crippen LogP contribution in [-0.4, -0.2) is 11.0 Å². The molecule has 4 rings (SSSR count). The summed E-state index contributed by atoms with van der Waals surface area (Å²) < 4.78 is 0.608. The number of carboxylic acid groups (broad SMARTS) is 1. The predicted octanol–water partition coefficient (Wildman–Crippen LogP) is 3.95. The van der Waals surface area contributed by atoms with E-state index in [1.807, 2.05) is 36.4 Å². The summed E-state index contributed by atoms with van der Waals surface area (Å²) in [7, 11) is 0. The van der Waals surface area contributed by atoms with Gasteiger partial charge in [0.1, 0.15) is 0 Å². The molecule has 5 nitrogen and oxygen atoms in total. The second-order valence-corrected chi connectivity index (χ2v) is 7.72. The van der Waals surface area contributed by atoms with E-state index in [0.29, 0.717) is 16.2 Å². The second kappa shape index (κ2) is 8.40. The van der Waals surface area contributed by atoms with Crippen molar-refractivity contribution in [1.29, 1.82) is 0 Å². The third-order valence-electron chi connectivity index (χ3n) is 5.24. The number of nitrogens with zero attached hydrogens (tertiary/aromatic N) is 2. The van der Waals surface area contributed by atoms with Crippen LogP contribution in [0.25, 0.3) is 33.7 Å². The van der Waals surface area contributed by atoms with Crippen LogP contribution in [-0.2, 0) is 4.79 Å². The molecule has 5 heteroatoms. The Morgan fingerprint density at radius 2 is 1.81 bits per heavy atom. The Morgan fingerprint density at radius 3 is 2.52 bits per heavy atom. The number of aliphatic carboxylic acids is 1. The fourth-order valence-corrected chi connectivity index (χ4v) is 3.58. The molecule has 31 heavy (non-hydrogen) atoms. The molecule has 4 aromatic rings. The zero-order valence-corrected chi connectivity index (χ0v) is 17.3. The smallest absolute Gasteiger partial charge is 0.180 e. The van der Waals surface area contributed by atoms with Gasteiger partial charge in [-0.3, -0.25) is 4.98 Å². The highest BCUT2D eigenvalue weighted by Crippen LogP contribution is 2.32. The summed E-state index contributed by atoms with van der Waals surface area (Å²) in [5.41, 5.74) is 5.19. The first-order valence-corrected chi connectivity index (χ1v) is 10.0. The molecule has 154 valence electrons. The fraction of sp³-hybridized carbons (Fsp3) is 0.115. The Bertz CT molecular complexity index is 1290. The highest BCUT2D eigenvalue weighted by molar-refractivity contribution is 6.19. The van der Waals surface area contributed by atoms with Crippen molar-refractivity contribution in [1.82, 2.24) is 4.98 Å². The number of pyridine rings is 2. The van der Waals surface area contributed by atoms with E-state index >= 15 is 0 Å². The summed E-state index contributed by atoms with van der Waals surface area (Å²) in [6.07, 6.45) is 5.86. The van der Waals surface area contributed by atoms with Crippen molar-refractivity contribution in [2.24, 2.45) is 0 Å². The van der Waals surface area contributed by atoms with Crippen LogP contribution in [0.4, 0.5) is 0 Å². The van der Waals surface area contributed by atoms with Crippen molar-refractivity contribution >= 4 is 28.5 Å². The van der Waals surface area contributed by atoms with Gasteiger partial charge < -0.3 is 15.1 Å². The number of carbonyl (C=O) groups excluding carboxylic acids is 1. The summed E-state index contributed by atoms with van der Waals surface area (Å²) in [4.78, 5) is 16.3. The average Bonchev–Trinajstić information content (AvgIpc) is 2.77. The van der Waals surface area contributed by atoms with Crippen molar-refractivity contribution in [2.75, 3.05) is 0 Å². The molecule has 0 aliphatic rings. The van der Waals surface area contributed by atoms with Crippen LogP contribution in [0.5, 0.6) is 0 Å². The number of hydrogen-bond donors (Lipinski definition) is 0. The number of benzene rings is 2. The maximum absolute atomic E-state index is 11.8. The minimum Gasteiger partial charge on any atom is -0.619 e. The molecule has 0 bridgehead atoms. The van der Waals surface area contributed by atoms with Crippen LogP contribution in [0.2, 0.25) is 0 Å². The van der Waals surface area contributed by atoms with E-state index < -0.39 is 5.97 Å². The van der Waals surface area contributed by atoms with Crippen molar-refractivity contribution in [2.45, 2.75) is 19.8 Å². The molecule has 0 spiro atoms. The van der Waals surface area contributed by atoms with Crippen LogP contribution in [0.3, 0.4) is 0 Å². The van der Waals surface area contributed by atoms with Gasteiger partial charge in [0, 0.05) is 34.9 Å². The first kappa shape index (κ1) is 20.3. The van der Waals surface area contributed by atoms with Gasteiger partial charge in [0.25, 0.3) is 0 Å². The van der Waals surface area contributed by atoms with Gasteiger partial charge in [-0.1, -0.05) is 38.1 Å². The molecule has 0 radical (unpaired) electrons. The molecule has 2 heterocycles. The number of aromatic nitrogens is 2. The molecule has 0 unspecified atom stereocenters. The van der Waals surface area contributed by atoms with E-state index in [1.165, 1.54) is 30.1 Å². The molecule has 0 fully saturated rings. The molecular weight excluding hydrogens is 388 g/mol. The molecule has 2 aromatic carbocycles. The number of fused-ring (bicyclic) bond motifs is 1. The van der Waals surface area contributed by atoms with Crippen molar-refractivity contribution < 1.29 is 14.6 Å². The number of carboxylic acids is 1. The first-order chi connectivity index (χ1) is 14.9. The molecule has 0 N–H and O–H groups in total. The van der Waals surface area contributed by atoms with Gasteiger partial charge in [0.2, 0.25) is 0 Å². The zero-order chi connectivity index (χ0) is 22.0. The van der Waals surface area contributed by atoms with Crippen LogP contribution in [0.1, 0.15) is 36.5 Å². The minimum absolute atomic E-state index is 0.0108. The van der Waals surface area contributed by atoms with E-state index in [-0.39, 0.29) is 5.57 Å². The lowest BCUT2D eigenvalue weighted by atomic mass is 9.93. The third kappa shape index (κ3) is 4.31. The Hall–Kier alpha value is -3.99. The van der Waals surface area contributed by atoms with Crippen LogP contribution in [0, 0.1) is 5.21 Å². The summed E-state index contributed by atoms with van der Waals surface area (Å²) in [5.74, 6) is -0.944. The van der Waals surface area contributed by atoms with E-state index in [1.54, 1.807) is 12.3 Å². The first-order valence-electron chi connectivity index (χ1n) is 10.0. The lowest BCUT2D eigenvalue weighted by Gasteiger charge is -2.13. The van der Waals surface area contributed by atoms with Gasteiger partial charge in [0.15, 0.2) is 12.4 Å². The lowest BCUT2D eigenvalue weighted by molar-refractivity contribution is -0.605.